The number of hydrogen-bond donors (Lipinski definition) is 1. The molecule has 0 aromatic carbocycles. The smallest absolute Gasteiger partial charge is 0.400 e. The second kappa shape index (κ2) is 5.34. The van der Waals surface area contributed by atoms with Crippen molar-refractivity contribution in [1.82, 2.24) is 0 Å². The fourth-order valence-electron chi connectivity index (χ4n) is 4.86. The fourth-order valence-corrected chi connectivity index (χ4v) is 5.30. The first-order valence-corrected chi connectivity index (χ1v) is 9.16. The molecule has 4 saturated carbocycles. The van der Waals surface area contributed by atoms with Crippen LogP contribution in [0.4, 0.5) is 13.2 Å². The molecule has 3 atom stereocenters. The van der Waals surface area contributed by atoms with Crippen molar-refractivity contribution in [3.63, 3.8) is 0 Å². The van der Waals surface area contributed by atoms with Gasteiger partial charge in [-0.15, -0.1) is 0 Å². The predicted molar refractivity (Wildman–Crippen MR) is 73.0 cm³/mol. The summed E-state index contributed by atoms with van der Waals surface area (Å²) in [5.41, 5.74) is -0.551. The third-order valence-electron chi connectivity index (χ3n) is 5.71. The monoisotopic (exact) mass is 356 g/mol. The molecule has 4 bridgehead atoms. The van der Waals surface area contributed by atoms with E-state index >= 15 is 0 Å². The summed E-state index contributed by atoms with van der Waals surface area (Å²) in [7, 11) is -5.83. The van der Waals surface area contributed by atoms with Crippen molar-refractivity contribution in [2.75, 3.05) is 6.61 Å². The molecule has 1 N–H and O–H groups in total. The van der Waals surface area contributed by atoms with Gasteiger partial charge in [-0.25, -0.2) is 4.39 Å². The minimum absolute atomic E-state index is 0.263. The second-order valence-electron chi connectivity index (χ2n) is 7.13. The van der Waals surface area contributed by atoms with E-state index in [4.69, 9.17) is 9.29 Å². The lowest BCUT2D eigenvalue weighted by atomic mass is 9.75. The largest absolute Gasteiger partial charge is 0.465 e. The summed E-state index contributed by atoms with van der Waals surface area (Å²) in [6.45, 7) is -0.630. The lowest BCUT2D eigenvalue weighted by molar-refractivity contribution is -0.159. The van der Waals surface area contributed by atoms with Gasteiger partial charge >= 0.3 is 21.3 Å². The summed E-state index contributed by atoms with van der Waals surface area (Å²) >= 11 is 0. The van der Waals surface area contributed by atoms with E-state index in [1.165, 1.54) is 0 Å². The zero-order chi connectivity index (χ0) is 17.0. The number of hydrogen-bond acceptors (Lipinski definition) is 4. The van der Waals surface area contributed by atoms with Crippen molar-refractivity contribution in [3.8, 4) is 0 Å². The Morgan fingerprint density at radius 1 is 1.26 bits per heavy atom. The van der Waals surface area contributed by atoms with Crippen LogP contribution in [0.3, 0.4) is 0 Å². The number of esters is 1. The third-order valence-corrected chi connectivity index (χ3v) is 6.65. The molecule has 0 aromatic rings. The third kappa shape index (κ3) is 2.65. The number of carbonyl (C=O) groups excluding carboxylic acids is 1. The highest BCUT2D eigenvalue weighted by atomic mass is 32.2. The molecule has 4 fully saturated rings. The summed E-state index contributed by atoms with van der Waals surface area (Å²) in [5.74, 6) is 0.810. The van der Waals surface area contributed by atoms with Crippen LogP contribution in [0, 0.1) is 23.2 Å². The van der Waals surface area contributed by atoms with Gasteiger partial charge in [0, 0.05) is 6.42 Å². The average molecular weight is 356 g/mol. The zero-order valence-corrected chi connectivity index (χ0v) is 13.2. The van der Waals surface area contributed by atoms with Crippen molar-refractivity contribution in [1.29, 1.82) is 0 Å². The molecule has 0 heterocycles. The minimum Gasteiger partial charge on any atom is -0.465 e. The summed E-state index contributed by atoms with van der Waals surface area (Å²) in [6, 6.07) is 0. The lowest BCUT2D eigenvalue weighted by Gasteiger charge is -2.30. The maximum absolute atomic E-state index is 13.4. The molecule has 9 heteroatoms. The summed E-state index contributed by atoms with van der Waals surface area (Å²) in [4.78, 5) is 12.3. The zero-order valence-electron chi connectivity index (χ0n) is 12.4. The highest BCUT2D eigenvalue weighted by Gasteiger charge is 2.62. The van der Waals surface area contributed by atoms with Gasteiger partial charge in [0.15, 0.2) is 6.17 Å². The molecule has 0 saturated heterocycles. The molecule has 0 spiro atoms. The molecule has 5 nitrogen and oxygen atoms in total. The van der Waals surface area contributed by atoms with E-state index in [1.54, 1.807) is 0 Å². The van der Waals surface area contributed by atoms with Gasteiger partial charge in [0.05, 0.1) is 12.0 Å². The number of ether oxygens (including phenoxy) is 1. The van der Waals surface area contributed by atoms with Crippen molar-refractivity contribution in [3.05, 3.63) is 0 Å². The highest BCUT2D eigenvalue weighted by molar-refractivity contribution is 7.86. The number of carbonyl (C=O) groups is 1. The number of halogens is 3. The maximum atomic E-state index is 13.4. The number of rotatable bonds is 6. The van der Waals surface area contributed by atoms with Gasteiger partial charge in [0.2, 0.25) is 0 Å². The molecule has 4 aliphatic rings. The van der Waals surface area contributed by atoms with Crippen molar-refractivity contribution in [2.24, 2.45) is 23.2 Å². The van der Waals surface area contributed by atoms with Crippen LogP contribution in [0.25, 0.3) is 0 Å². The molecule has 4 rings (SSSR count). The maximum Gasteiger partial charge on any atom is 0.400 e. The van der Waals surface area contributed by atoms with Gasteiger partial charge in [-0.05, 0) is 49.9 Å². The van der Waals surface area contributed by atoms with Gasteiger partial charge in [0.25, 0.3) is 0 Å². The molecule has 4 aliphatic carbocycles. The van der Waals surface area contributed by atoms with Crippen molar-refractivity contribution >= 4 is 16.1 Å². The van der Waals surface area contributed by atoms with Crippen LogP contribution < -0.4 is 0 Å². The highest BCUT2D eigenvalue weighted by Crippen LogP contribution is 2.65. The fraction of sp³-hybridized carbons (Fsp3) is 0.929. The van der Waals surface area contributed by atoms with Gasteiger partial charge in [-0.1, -0.05) is 0 Å². The Morgan fingerprint density at radius 3 is 2.35 bits per heavy atom. The Labute approximate surface area is 132 Å². The molecular formula is C14H19F3O5S. The predicted octanol–water partition coefficient (Wildman–Crippen LogP) is 2.56. The van der Waals surface area contributed by atoms with E-state index in [9.17, 15) is 26.4 Å². The molecule has 3 unspecified atom stereocenters. The Hall–Kier alpha value is -0.830. The van der Waals surface area contributed by atoms with Crippen LogP contribution in [0.15, 0.2) is 0 Å². The molecule has 0 radical (unpaired) electrons. The summed E-state index contributed by atoms with van der Waals surface area (Å²) < 4.78 is 73.7. The van der Waals surface area contributed by atoms with Gasteiger partial charge in [0.1, 0.15) is 0 Å². The Bertz CT molecular complexity index is 592. The molecule has 0 aliphatic heterocycles. The van der Waals surface area contributed by atoms with Gasteiger partial charge < -0.3 is 4.74 Å². The quantitative estimate of drug-likeness (QED) is 0.584. The average Bonchev–Trinajstić information content (AvgIpc) is 2.83. The van der Waals surface area contributed by atoms with E-state index < -0.39 is 46.0 Å². The standard InChI is InChI=1S/C14H19F3O5S/c15-11(14(16,17)23(19,20)21)1-2-22-12(18)13-6-8-3-9(7-13)5-10(13)4-8/h8-11H,1-7H2,(H,19,20,21). The topological polar surface area (TPSA) is 80.7 Å². The number of alkyl halides is 3. The second-order valence-corrected chi connectivity index (χ2v) is 8.62. The minimum atomic E-state index is -5.83. The lowest BCUT2D eigenvalue weighted by Crippen LogP contribution is -2.40. The normalized spacial score (nSPS) is 37.1. The molecule has 0 aromatic heterocycles. The Kier molecular flexibility index (Phi) is 3.95. The van der Waals surface area contributed by atoms with E-state index in [0.29, 0.717) is 11.8 Å². The van der Waals surface area contributed by atoms with Gasteiger partial charge in [-0.2, -0.15) is 17.2 Å². The SMILES string of the molecule is O=C(OCCC(F)C(F)(F)S(=O)(=O)O)C12CC3CC(CC1C3)C2. The van der Waals surface area contributed by atoms with E-state index in [0.717, 1.165) is 32.1 Å². The van der Waals surface area contributed by atoms with Crippen LogP contribution >= 0.6 is 0 Å². The van der Waals surface area contributed by atoms with Crippen molar-refractivity contribution < 1.29 is 35.7 Å². The summed E-state index contributed by atoms with van der Waals surface area (Å²) in [6.07, 6.45) is 0.473. The van der Waals surface area contributed by atoms with E-state index in [-0.39, 0.29) is 5.92 Å². The first kappa shape index (κ1) is 17.0. The van der Waals surface area contributed by atoms with Crippen molar-refractivity contribution in [2.45, 2.75) is 50.0 Å². The molecule has 0 amide bonds. The molecule has 23 heavy (non-hydrogen) atoms. The first-order chi connectivity index (χ1) is 10.6. The summed E-state index contributed by atoms with van der Waals surface area (Å²) in [5, 5.41) is -4.90. The van der Waals surface area contributed by atoms with Gasteiger partial charge in [-0.3, -0.25) is 9.35 Å². The molecular weight excluding hydrogens is 337 g/mol. The van der Waals surface area contributed by atoms with Crippen LogP contribution in [-0.4, -0.2) is 37.0 Å². The van der Waals surface area contributed by atoms with E-state index in [1.807, 2.05) is 0 Å². The van der Waals surface area contributed by atoms with Crippen LogP contribution in [0.1, 0.15) is 38.5 Å². The van der Waals surface area contributed by atoms with Crippen LogP contribution in [0.5, 0.6) is 0 Å². The molecule has 132 valence electrons. The Morgan fingerprint density at radius 2 is 1.83 bits per heavy atom. The van der Waals surface area contributed by atoms with Crippen LogP contribution in [0.2, 0.25) is 0 Å². The van der Waals surface area contributed by atoms with Crippen LogP contribution in [-0.2, 0) is 19.6 Å². The Balaban J connectivity index is 1.55. The first-order valence-electron chi connectivity index (χ1n) is 7.72. The van der Waals surface area contributed by atoms with E-state index in [2.05, 4.69) is 0 Å².